The maximum Gasteiger partial charge on any atom is 0.0599 e. The van der Waals surface area contributed by atoms with Crippen molar-refractivity contribution in [2.75, 3.05) is 20.2 Å². The first kappa shape index (κ1) is 16.0. The molecule has 0 radical (unpaired) electrons. The second kappa shape index (κ2) is 6.56. The molecular weight excluding hydrogens is 268 g/mol. The number of piperidine rings is 1. The van der Waals surface area contributed by atoms with Crippen LogP contribution < -0.4 is 5.73 Å². The summed E-state index contributed by atoms with van der Waals surface area (Å²) in [5, 5.41) is 0. The number of ether oxygens (including phenoxy) is 1. The van der Waals surface area contributed by atoms with Gasteiger partial charge in [0.1, 0.15) is 0 Å². The molecular formula is C16H28N2OS. The number of likely N-dealkylation sites (tertiary alicyclic amines) is 1. The van der Waals surface area contributed by atoms with Gasteiger partial charge in [-0.3, -0.25) is 4.90 Å². The summed E-state index contributed by atoms with van der Waals surface area (Å²) in [6, 6.07) is 5.01. The maximum absolute atomic E-state index is 5.94. The Morgan fingerprint density at radius 2 is 2.15 bits per heavy atom. The summed E-state index contributed by atoms with van der Waals surface area (Å²) in [5.74, 6) is 0. The molecule has 0 spiro atoms. The van der Waals surface area contributed by atoms with Gasteiger partial charge in [0.15, 0.2) is 0 Å². The van der Waals surface area contributed by atoms with Crippen LogP contribution in [-0.2, 0) is 16.7 Å². The van der Waals surface area contributed by atoms with E-state index in [1.54, 1.807) is 0 Å². The highest BCUT2D eigenvalue weighted by Crippen LogP contribution is 2.31. The Bertz CT molecular complexity index is 424. The number of nitrogens with two attached hydrogens (primary N) is 1. The largest absolute Gasteiger partial charge is 0.381 e. The minimum Gasteiger partial charge on any atom is -0.381 e. The maximum atomic E-state index is 5.94. The number of nitrogens with zero attached hydrogens (tertiary/aromatic N) is 1. The van der Waals surface area contributed by atoms with E-state index in [-0.39, 0.29) is 5.41 Å². The Morgan fingerprint density at radius 3 is 2.70 bits per heavy atom. The van der Waals surface area contributed by atoms with E-state index in [1.165, 1.54) is 9.75 Å². The molecule has 20 heavy (non-hydrogen) atoms. The fourth-order valence-corrected chi connectivity index (χ4v) is 3.89. The lowest BCUT2D eigenvalue weighted by Crippen LogP contribution is -2.47. The fraction of sp³-hybridized carbons (Fsp3) is 0.750. The molecule has 3 nitrogen and oxygen atoms in total. The molecule has 0 aromatic carbocycles. The van der Waals surface area contributed by atoms with Gasteiger partial charge in [-0.2, -0.15) is 0 Å². The molecule has 1 aromatic rings. The van der Waals surface area contributed by atoms with Crippen LogP contribution in [0.5, 0.6) is 0 Å². The Hall–Kier alpha value is -0.420. The monoisotopic (exact) mass is 296 g/mol. The zero-order valence-corrected chi connectivity index (χ0v) is 14.0. The van der Waals surface area contributed by atoms with Gasteiger partial charge in [0.05, 0.1) is 6.10 Å². The Kier molecular flexibility index (Phi) is 5.24. The van der Waals surface area contributed by atoms with Crippen molar-refractivity contribution >= 4 is 11.3 Å². The molecule has 2 N–H and O–H groups in total. The molecule has 2 rings (SSSR count). The molecule has 2 unspecified atom stereocenters. The molecule has 0 saturated carbocycles. The molecule has 1 aliphatic heterocycles. The van der Waals surface area contributed by atoms with Crippen molar-refractivity contribution in [3.8, 4) is 0 Å². The SMILES string of the molecule is COC1CCN(Cc2ccc(C(C)(C)C)s2)C(CN)C1. The van der Waals surface area contributed by atoms with E-state index >= 15 is 0 Å². The molecule has 1 aromatic heterocycles. The zero-order valence-electron chi connectivity index (χ0n) is 13.2. The third-order valence-electron chi connectivity index (χ3n) is 4.15. The van der Waals surface area contributed by atoms with Crippen molar-refractivity contribution < 1.29 is 4.74 Å². The van der Waals surface area contributed by atoms with Crippen molar-refractivity contribution in [1.29, 1.82) is 0 Å². The summed E-state index contributed by atoms with van der Waals surface area (Å²) < 4.78 is 5.49. The zero-order chi connectivity index (χ0) is 14.8. The Labute approximate surface area is 127 Å². The van der Waals surface area contributed by atoms with Gasteiger partial charge in [0.25, 0.3) is 0 Å². The molecule has 1 saturated heterocycles. The van der Waals surface area contributed by atoms with Crippen LogP contribution in [0, 0.1) is 0 Å². The second-order valence-corrected chi connectivity index (χ2v) is 7.93. The number of rotatable bonds is 4. The van der Waals surface area contributed by atoms with Crippen molar-refractivity contribution in [3.05, 3.63) is 21.9 Å². The van der Waals surface area contributed by atoms with Crippen LogP contribution in [0.1, 0.15) is 43.4 Å². The molecule has 4 heteroatoms. The van der Waals surface area contributed by atoms with Crippen LogP contribution in [0.4, 0.5) is 0 Å². The quantitative estimate of drug-likeness (QED) is 0.928. The summed E-state index contributed by atoms with van der Waals surface area (Å²) in [6.07, 6.45) is 2.56. The molecule has 2 atom stereocenters. The van der Waals surface area contributed by atoms with Crippen LogP contribution in [0.2, 0.25) is 0 Å². The van der Waals surface area contributed by atoms with Gasteiger partial charge in [0.2, 0.25) is 0 Å². The lowest BCUT2D eigenvalue weighted by Gasteiger charge is -2.38. The van der Waals surface area contributed by atoms with Crippen molar-refractivity contribution in [1.82, 2.24) is 4.90 Å². The first-order valence-corrected chi connectivity index (χ1v) is 8.31. The number of thiophene rings is 1. The summed E-state index contributed by atoms with van der Waals surface area (Å²) in [4.78, 5) is 5.43. The van der Waals surface area contributed by atoms with Crippen LogP contribution in [0.25, 0.3) is 0 Å². The smallest absolute Gasteiger partial charge is 0.0599 e. The fourth-order valence-electron chi connectivity index (χ4n) is 2.80. The van der Waals surface area contributed by atoms with Crippen LogP contribution in [-0.4, -0.2) is 37.2 Å². The summed E-state index contributed by atoms with van der Waals surface area (Å²) in [7, 11) is 1.81. The molecule has 2 heterocycles. The average molecular weight is 296 g/mol. The minimum atomic E-state index is 0.249. The first-order chi connectivity index (χ1) is 9.44. The lowest BCUT2D eigenvalue weighted by molar-refractivity contribution is 0.0106. The van der Waals surface area contributed by atoms with Crippen molar-refractivity contribution in [2.45, 2.75) is 57.7 Å². The highest BCUT2D eigenvalue weighted by Gasteiger charge is 2.28. The third kappa shape index (κ3) is 3.82. The van der Waals surface area contributed by atoms with Gasteiger partial charge in [0, 0.05) is 42.5 Å². The average Bonchev–Trinajstić information content (AvgIpc) is 2.87. The van der Waals surface area contributed by atoms with Crippen LogP contribution in [0.15, 0.2) is 12.1 Å². The number of hydrogen-bond donors (Lipinski definition) is 1. The molecule has 1 aliphatic rings. The molecule has 114 valence electrons. The predicted molar refractivity (Wildman–Crippen MR) is 86.3 cm³/mol. The molecule has 0 amide bonds. The summed E-state index contributed by atoms with van der Waals surface area (Å²) >= 11 is 1.94. The van der Waals surface area contributed by atoms with E-state index in [4.69, 9.17) is 10.5 Å². The van der Waals surface area contributed by atoms with Crippen molar-refractivity contribution in [2.24, 2.45) is 5.73 Å². The second-order valence-electron chi connectivity index (χ2n) is 6.76. The number of hydrogen-bond acceptors (Lipinski definition) is 4. The van der Waals surface area contributed by atoms with Gasteiger partial charge < -0.3 is 10.5 Å². The predicted octanol–water partition coefficient (Wildman–Crippen LogP) is 2.98. The molecule has 0 bridgehead atoms. The van der Waals surface area contributed by atoms with E-state index in [9.17, 15) is 0 Å². The Morgan fingerprint density at radius 1 is 1.40 bits per heavy atom. The Balaban J connectivity index is 2.00. The highest BCUT2D eigenvalue weighted by molar-refractivity contribution is 7.12. The standard InChI is InChI=1S/C16H28N2OS/c1-16(2,3)15-6-5-14(20-15)11-18-8-7-13(19-4)9-12(18)10-17/h5-6,12-13H,7-11,17H2,1-4H3. The van der Waals surface area contributed by atoms with E-state index in [0.29, 0.717) is 12.1 Å². The number of methoxy groups -OCH3 is 1. The topological polar surface area (TPSA) is 38.5 Å². The highest BCUT2D eigenvalue weighted by atomic mass is 32.1. The normalized spacial score (nSPS) is 25.1. The summed E-state index contributed by atoms with van der Waals surface area (Å²) in [6.45, 7) is 9.65. The summed E-state index contributed by atoms with van der Waals surface area (Å²) in [5.41, 5.74) is 6.19. The van der Waals surface area contributed by atoms with E-state index in [0.717, 1.165) is 32.5 Å². The van der Waals surface area contributed by atoms with Gasteiger partial charge in [-0.15, -0.1) is 11.3 Å². The minimum absolute atomic E-state index is 0.249. The molecule has 0 aliphatic carbocycles. The third-order valence-corrected chi connectivity index (χ3v) is 5.65. The lowest BCUT2D eigenvalue weighted by atomic mass is 9.95. The molecule has 1 fully saturated rings. The van der Waals surface area contributed by atoms with E-state index in [1.807, 2.05) is 18.4 Å². The van der Waals surface area contributed by atoms with Gasteiger partial charge >= 0.3 is 0 Å². The van der Waals surface area contributed by atoms with Gasteiger partial charge in [-0.1, -0.05) is 20.8 Å². The van der Waals surface area contributed by atoms with E-state index < -0.39 is 0 Å². The van der Waals surface area contributed by atoms with Gasteiger partial charge in [-0.05, 0) is 30.4 Å². The van der Waals surface area contributed by atoms with E-state index in [2.05, 4.69) is 37.8 Å². The first-order valence-electron chi connectivity index (χ1n) is 7.50. The van der Waals surface area contributed by atoms with Crippen LogP contribution >= 0.6 is 11.3 Å². The van der Waals surface area contributed by atoms with Gasteiger partial charge in [-0.25, -0.2) is 0 Å². The van der Waals surface area contributed by atoms with Crippen molar-refractivity contribution in [3.63, 3.8) is 0 Å². The van der Waals surface area contributed by atoms with Crippen LogP contribution in [0.3, 0.4) is 0 Å².